The minimum atomic E-state index is -4.31. The highest BCUT2D eigenvalue weighted by atomic mass is 19.4. The molecule has 2 aromatic rings. The van der Waals surface area contributed by atoms with E-state index in [1.54, 1.807) is 17.8 Å². The van der Waals surface area contributed by atoms with Crippen molar-refractivity contribution in [3.05, 3.63) is 52.8 Å². The van der Waals surface area contributed by atoms with Gasteiger partial charge in [-0.2, -0.15) is 18.3 Å². The first-order chi connectivity index (χ1) is 9.81. The molecule has 0 fully saturated rings. The zero-order valence-electron chi connectivity index (χ0n) is 12.2. The van der Waals surface area contributed by atoms with Crippen molar-refractivity contribution in [3.8, 4) is 0 Å². The lowest BCUT2D eigenvalue weighted by Crippen LogP contribution is -2.19. The summed E-state index contributed by atoms with van der Waals surface area (Å²) in [7, 11) is 3.62. The molecule has 0 bridgehead atoms. The fourth-order valence-electron chi connectivity index (χ4n) is 2.44. The number of aryl methyl sites for hydroxylation is 2. The van der Waals surface area contributed by atoms with E-state index < -0.39 is 11.7 Å². The summed E-state index contributed by atoms with van der Waals surface area (Å²) >= 11 is 0. The van der Waals surface area contributed by atoms with Gasteiger partial charge in [0, 0.05) is 24.8 Å². The first kappa shape index (κ1) is 15.6. The predicted octanol–water partition coefficient (Wildman–Crippen LogP) is 3.25. The largest absolute Gasteiger partial charge is 0.416 e. The fraction of sp³-hybridized carbons (Fsp3) is 0.400. The third-order valence-electron chi connectivity index (χ3n) is 3.47. The van der Waals surface area contributed by atoms with E-state index >= 15 is 0 Å². The van der Waals surface area contributed by atoms with Gasteiger partial charge in [0.05, 0.1) is 11.3 Å². The molecule has 2 rings (SSSR count). The van der Waals surface area contributed by atoms with Crippen molar-refractivity contribution >= 4 is 0 Å². The van der Waals surface area contributed by atoms with Crippen LogP contribution in [0.5, 0.6) is 0 Å². The maximum Gasteiger partial charge on any atom is 0.416 e. The van der Waals surface area contributed by atoms with Gasteiger partial charge in [-0.15, -0.1) is 0 Å². The Morgan fingerprint density at radius 3 is 2.57 bits per heavy atom. The summed E-state index contributed by atoms with van der Waals surface area (Å²) in [6.07, 6.45) is -1.94. The van der Waals surface area contributed by atoms with Gasteiger partial charge in [-0.1, -0.05) is 18.2 Å². The summed E-state index contributed by atoms with van der Waals surface area (Å²) in [5.74, 6) is 0. The molecule has 0 aliphatic rings. The number of hydrogen-bond donors (Lipinski definition) is 1. The Kier molecular flexibility index (Phi) is 4.37. The molecule has 6 heteroatoms. The maximum atomic E-state index is 12.7. The lowest BCUT2D eigenvalue weighted by Gasteiger charge is -2.16. The van der Waals surface area contributed by atoms with E-state index in [4.69, 9.17) is 0 Å². The molecular formula is C15H18F3N3. The van der Waals surface area contributed by atoms with Crippen LogP contribution in [0.15, 0.2) is 30.5 Å². The maximum absolute atomic E-state index is 12.7. The van der Waals surface area contributed by atoms with Crippen LogP contribution >= 0.6 is 0 Å². The van der Waals surface area contributed by atoms with E-state index in [2.05, 4.69) is 10.4 Å². The van der Waals surface area contributed by atoms with Crippen LogP contribution in [-0.4, -0.2) is 16.8 Å². The number of aromatic nitrogens is 2. The molecular weight excluding hydrogens is 279 g/mol. The third-order valence-corrected chi connectivity index (χ3v) is 3.47. The van der Waals surface area contributed by atoms with Gasteiger partial charge in [0.15, 0.2) is 0 Å². The molecule has 114 valence electrons. The Bertz CT molecular complexity index is 617. The number of nitrogens with zero attached hydrogens (tertiary/aromatic N) is 2. The minimum Gasteiger partial charge on any atom is -0.313 e. The smallest absolute Gasteiger partial charge is 0.313 e. The number of likely N-dealkylation sites (N-methyl/N-ethyl adjacent to an activating group) is 1. The number of benzene rings is 1. The summed E-state index contributed by atoms with van der Waals surface area (Å²) in [5, 5.41) is 7.42. The van der Waals surface area contributed by atoms with Crippen LogP contribution in [0.3, 0.4) is 0 Å². The molecule has 3 nitrogen and oxygen atoms in total. The Labute approximate surface area is 121 Å². The molecule has 1 N–H and O–H groups in total. The third kappa shape index (κ3) is 3.64. The molecule has 0 amide bonds. The summed E-state index contributed by atoms with van der Waals surface area (Å²) < 4.78 is 40.0. The lowest BCUT2D eigenvalue weighted by atomic mass is 9.98. The van der Waals surface area contributed by atoms with Gasteiger partial charge in [-0.25, -0.2) is 0 Å². The summed E-state index contributed by atoms with van der Waals surface area (Å²) in [6.45, 7) is 1.89. The van der Waals surface area contributed by atoms with Crippen molar-refractivity contribution in [2.24, 2.45) is 7.05 Å². The number of halogens is 3. The van der Waals surface area contributed by atoms with Crippen molar-refractivity contribution in [2.45, 2.75) is 25.6 Å². The second kappa shape index (κ2) is 5.89. The standard InChI is InChI=1S/C15H18F3N3/c1-10-13(9-21(3)20-10)14(19-2)8-11-5-4-6-12(7-11)15(16,17)18/h4-7,9,14,19H,8H2,1-3H3. The van der Waals surface area contributed by atoms with Crippen LogP contribution in [0.1, 0.15) is 28.4 Å². The Hall–Kier alpha value is -1.82. The monoisotopic (exact) mass is 297 g/mol. The van der Waals surface area contributed by atoms with Gasteiger partial charge < -0.3 is 5.32 Å². The molecule has 1 atom stereocenters. The molecule has 1 unspecified atom stereocenters. The average molecular weight is 297 g/mol. The first-order valence-electron chi connectivity index (χ1n) is 6.65. The molecule has 0 radical (unpaired) electrons. The first-order valence-corrected chi connectivity index (χ1v) is 6.65. The highest BCUT2D eigenvalue weighted by molar-refractivity contribution is 5.29. The predicted molar refractivity (Wildman–Crippen MR) is 74.9 cm³/mol. The second-order valence-electron chi connectivity index (χ2n) is 5.09. The molecule has 1 aromatic heterocycles. The molecule has 0 spiro atoms. The summed E-state index contributed by atoms with van der Waals surface area (Å²) in [5.41, 5.74) is 1.91. The quantitative estimate of drug-likeness (QED) is 0.939. The normalized spacial score (nSPS) is 13.4. The average Bonchev–Trinajstić information content (AvgIpc) is 2.74. The molecule has 0 aliphatic carbocycles. The van der Waals surface area contributed by atoms with E-state index in [9.17, 15) is 13.2 Å². The van der Waals surface area contributed by atoms with Crippen molar-refractivity contribution in [1.82, 2.24) is 15.1 Å². The van der Waals surface area contributed by atoms with Gasteiger partial charge in [0.2, 0.25) is 0 Å². The second-order valence-corrected chi connectivity index (χ2v) is 5.09. The van der Waals surface area contributed by atoms with Gasteiger partial charge in [0.1, 0.15) is 0 Å². The van der Waals surface area contributed by atoms with Gasteiger partial charge in [-0.3, -0.25) is 4.68 Å². The molecule has 1 heterocycles. The molecule has 0 saturated carbocycles. The number of rotatable bonds is 4. The van der Waals surface area contributed by atoms with E-state index in [-0.39, 0.29) is 6.04 Å². The zero-order chi connectivity index (χ0) is 15.6. The molecule has 1 aromatic carbocycles. The van der Waals surface area contributed by atoms with Crippen molar-refractivity contribution in [1.29, 1.82) is 0 Å². The van der Waals surface area contributed by atoms with Crippen LogP contribution in [0.2, 0.25) is 0 Å². The van der Waals surface area contributed by atoms with Crippen molar-refractivity contribution in [3.63, 3.8) is 0 Å². The summed E-state index contributed by atoms with van der Waals surface area (Å²) in [6, 6.07) is 5.39. The van der Waals surface area contributed by atoms with E-state index in [0.29, 0.717) is 12.0 Å². The van der Waals surface area contributed by atoms with Gasteiger partial charge in [0.25, 0.3) is 0 Å². The Morgan fingerprint density at radius 1 is 1.33 bits per heavy atom. The van der Waals surface area contributed by atoms with E-state index in [1.807, 2.05) is 20.2 Å². The molecule has 21 heavy (non-hydrogen) atoms. The van der Waals surface area contributed by atoms with Gasteiger partial charge in [-0.05, 0) is 32.0 Å². The van der Waals surface area contributed by atoms with E-state index in [1.165, 1.54) is 12.1 Å². The zero-order valence-corrected chi connectivity index (χ0v) is 12.2. The topological polar surface area (TPSA) is 29.9 Å². The van der Waals surface area contributed by atoms with E-state index in [0.717, 1.165) is 17.3 Å². The number of alkyl halides is 3. The van der Waals surface area contributed by atoms with Crippen LogP contribution in [0.25, 0.3) is 0 Å². The Morgan fingerprint density at radius 2 is 2.05 bits per heavy atom. The lowest BCUT2D eigenvalue weighted by molar-refractivity contribution is -0.137. The number of nitrogens with one attached hydrogen (secondary N) is 1. The number of hydrogen-bond acceptors (Lipinski definition) is 2. The van der Waals surface area contributed by atoms with Crippen LogP contribution in [-0.2, 0) is 19.6 Å². The highest BCUT2D eigenvalue weighted by Gasteiger charge is 2.30. The SMILES string of the molecule is CNC(Cc1cccc(C(F)(F)F)c1)c1cn(C)nc1C. The fourth-order valence-corrected chi connectivity index (χ4v) is 2.44. The Balaban J connectivity index is 2.25. The van der Waals surface area contributed by atoms with Crippen LogP contribution < -0.4 is 5.32 Å². The van der Waals surface area contributed by atoms with Crippen LogP contribution in [0, 0.1) is 6.92 Å². The summed E-state index contributed by atoms with van der Waals surface area (Å²) in [4.78, 5) is 0. The van der Waals surface area contributed by atoms with Crippen LogP contribution in [0.4, 0.5) is 13.2 Å². The highest BCUT2D eigenvalue weighted by Crippen LogP contribution is 2.30. The molecule has 0 saturated heterocycles. The van der Waals surface area contributed by atoms with Gasteiger partial charge >= 0.3 is 6.18 Å². The molecule has 0 aliphatic heterocycles. The van der Waals surface area contributed by atoms with Crippen molar-refractivity contribution in [2.75, 3.05) is 7.05 Å². The minimum absolute atomic E-state index is 0.0674. The van der Waals surface area contributed by atoms with Crippen molar-refractivity contribution < 1.29 is 13.2 Å².